The Kier molecular flexibility index (Phi) is 6.55. The van der Waals surface area contributed by atoms with Gasteiger partial charge in [-0.2, -0.15) is 0 Å². The number of likely N-dealkylation sites (N-methyl/N-ethyl adjacent to an activating group) is 1. The fourth-order valence-electron chi connectivity index (χ4n) is 4.32. The number of methoxy groups -OCH3 is 3. The highest BCUT2D eigenvalue weighted by Crippen LogP contribution is 2.38. The van der Waals surface area contributed by atoms with Gasteiger partial charge in [0.25, 0.3) is 11.8 Å². The molecule has 2 amide bonds. The number of benzene rings is 2. The van der Waals surface area contributed by atoms with E-state index in [4.69, 9.17) is 14.2 Å². The lowest BCUT2D eigenvalue weighted by atomic mass is 10.0. The highest BCUT2D eigenvalue weighted by molar-refractivity contribution is 6.45. The van der Waals surface area contributed by atoms with E-state index in [0.717, 1.165) is 19.6 Å². The van der Waals surface area contributed by atoms with Crippen molar-refractivity contribution < 1.29 is 23.8 Å². The van der Waals surface area contributed by atoms with Gasteiger partial charge in [-0.3, -0.25) is 9.59 Å². The third-order valence-corrected chi connectivity index (χ3v) is 6.20. The average molecular weight is 452 g/mol. The summed E-state index contributed by atoms with van der Waals surface area (Å²) >= 11 is 0. The zero-order chi connectivity index (χ0) is 23.5. The lowest BCUT2D eigenvalue weighted by molar-refractivity contribution is -0.120. The molecule has 0 unspecified atom stereocenters. The number of piperazine rings is 1. The molecule has 2 aromatic carbocycles. The first-order valence-corrected chi connectivity index (χ1v) is 11.0. The van der Waals surface area contributed by atoms with Crippen molar-refractivity contribution >= 4 is 23.1 Å². The number of amides is 2. The summed E-state index contributed by atoms with van der Waals surface area (Å²) in [6.07, 6.45) is 0. The van der Waals surface area contributed by atoms with E-state index in [1.807, 2.05) is 17.0 Å². The van der Waals surface area contributed by atoms with Crippen LogP contribution in [0.1, 0.15) is 12.5 Å². The van der Waals surface area contributed by atoms with Gasteiger partial charge < -0.3 is 24.0 Å². The van der Waals surface area contributed by atoms with Crippen LogP contribution in [0.2, 0.25) is 0 Å². The van der Waals surface area contributed by atoms with E-state index < -0.39 is 0 Å². The molecule has 1 fully saturated rings. The van der Waals surface area contributed by atoms with Gasteiger partial charge in [-0.05, 0) is 36.4 Å². The van der Waals surface area contributed by atoms with Gasteiger partial charge in [-0.25, -0.2) is 4.90 Å². The van der Waals surface area contributed by atoms with Crippen LogP contribution in [0.5, 0.6) is 17.2 Å². The molecule has 0 N–H and O–H groups in total. The smallest absolute Gasteiger partial charge is 0.282 e. The minimum Gasteiger partial charge on any atom is -0.497 e. The standard InChI is InChI=1S/C25H29N3O5/c1-5-26-12-14-27(15-13-26)23-22(17-6-9-19(31-2)10-7-17)24(29)28(25(23)30)18-8-11-20(32-3)21(16-18)33-4/h6-11,16H,5,12-15H2,1-4H3. The summed E-state index contributed by atoms with van der Waals surface area (Å²) < 4.78 is 16.0. The number of imide groups is 1. The third kappa shape index (κ3) is 4.14. The van der Waals surface area contributed by atoms with Crippen LogP contribution in [0.15, 0.2) is 48.2 Å². The lowest BCUT2D eigenvalue weighted by Gasteiger charge is -2.36. The zero-order valence-corrected chi connectivity index (χ0v) is 19.5. The highest BCUT2D eigenvalue weighted by atomic mass is 16.5. The summed E-state index contributed by atoms with van der Waals surface area (Å²) in [7, 11) is 4.66. The molecule has 0 radical (unpaired) electrons. The van der Waals surface area contributed by atoms with Crippen molar-refractivity contribution in [1.82, 2.24) is 9.80 Å². The quantitative estimate of drug-likeness (QED) is 0.600. The van der Waals surface area contributed by atoms with E-state index in [0.29, 0.717) is 52.9 Å². The molecule has 33 heavy (non-hydrogen) atoms. The highest BCUT2D eigenvalue weighted by Gasteiger charge is 2.43. The van der Waals surface area contributed by atoms with Crippen molar-refractivity contribution in [2.45, 2.75) is 6.92 Å². The van der Waals surface area contributed by atoms with Gasteiger partial charge >= 0.3 is 0 Å². The number of carbonyl (C=O) groups is 2. The first-order chi connectivity index (χ1) is 16.0. The van der Waals surface area contributed by atoms with Gasteiger partial charge in [0, 0.05) is 32.2 Å². The van der Waals surface area contributed by atoms with Crippen LogP contribution in [0.4, 0.5) is 5.69 Å². The van der Waals surface area contributed by atoms with Crippen LogP contribution in [-0.2, 0) is 9.59 Å². The van der Waals surface area contributed by atoms with Gasteiger partial charge in [0.05, 0.1) is 32.6 Å². The molecular formula is C25H29N3O5. The summed E-state index contributed by atoms with van der Waals surface area (Å²) in [5, 5.41) is 0. The number of anilines is 1. The lowest BCUT2D eigenvalue weighted by Crippen LogP contribution is -2.47. The molecule has 8 heteroatoms. The van der Waals surface area contributed by atoms with Crippen LogP contribution >= 0.6 is 0 Å². The monoisotopic (exact) mass is 451 g/mol. The third-order valence-electron chi connectivity index (χ3n) is 6.20. The largest absolute Gasteiger partial charge is 0.497 e. The van der Waals surface area contributed by atoms with Crippen molar-refractivity contribution in [1.29, 1.82) is 0 Å². The maximum atomic E-state index is 13.7. The summed E-state index contributed by atoms with van der Waals surface area (Å²) in [6.45, 7) is 6.13. The fourth-order valence-corrected chi connectivity index (χ4v) is 4.32. The Morgan fingerprint density at radius 2 is 1.45 bits per heavy atom. The first kappa shape index (κ1) is 22.7. The van der Waals surface area contributed by atoms with E-state index in [2.05, 4.69) is 11.8 Å². The summed E-state index contributed by atoms with van der Waals surface area (Å²) in [5.41, 5.74) is 1.97. The van der Waals surface area contributed by atoms with Crippen molar-refractivity contribution in [3.8, 4) is 17.2 Å². The second-order valence-corrected chi connectivity index (χ2v) is 7.86. The van der Waals surface area contributed by atoms with Gasteiger partial charge in [0.2, 0.25) is 0 Å². The molecule has 1 saturated heterocycles. The number of nitrogens with zero attached hydrogens (tertiary/aromatic N) is 3. The fraction of sp³-hybridized carbons (Fsp3) is 0.360. The zero-order valence-electron chi connectivity index (χ0n) is 19.5. The Balaban J connectivity index is 1.77. The molecule has 4 rings (SSSR count). The van der Waals surface area contributed by atoms with E-state index >= 15 is 0 Å². The SMILES string of the molecule is CCN1CCN(C2=C(c3ccc(OC)cc3)C(=O)N(c3ccc(OC)c(OC)c3)C2=O)CC1. The molecular weight excluding hydrogens is 422 g/mol. The van der Waals surface area contributed by atoms with Crippen LogP contribution in [0.25, 0.3) is 5.57 Å². The van der Waals surface area contributed by atoms with Crippen LogP contribution < -0.4 is 19.1 Å². The van der Waals surface area contributed by atoms with E-state index in [1.54, 1.807) is 44.6 Å². The van der Waals surface area contributed by atoms with E-state index in [-0.39, 0.29) is 11.8 Å². The van der Waals surface area contributed by atoms with Gasteiger partial charge in [-0.15, -0.1) is 0 Å². The Morgan fingerprint density at radius 1 is 0.788 bits per heavy atom. The average Bonchev–Trinajstić information content (AvgIpc) is 3.13. The van der Waals surface area contributed by atoms with Gasteiger partial charge in [0.15, 0.2) is 11.5 Å². The Bertz CT molecular complexity index is 1070. The van der Waals surface area contributed by atoms with Crippen molar-refractivity contribution in [2.75, 3.05) is 59.0 Å². The second-order valence-electron chi connectivity index (χ2n) is 7.86. The van der Waals surface area contributed by atoms with Gasteiger partial charge in [-0.1, -0.05) is 19.1 Å². The molecule has 2 heterocycles. The minimum atomic E-state index is -0.356. The second kappa shape index (κ2) is 9.54. The van der Waals surface area contributed by atoms with Crippen LogP contribution in [0, 0.1) is 0 Å². The van der Waals surface area contributed by atoms with E-state index in [1.165, 1.54) is 12.0 Å². The molecule has 2 aliphatic heterocycles. The molecule has 0 bridgehead atoms. The maximum Gasteiger partial charge on any atom is 0.282 e. The van der Waals surface area contributed by atoms with Crippen LogP contribution in [-0.4, -0.2) is 75.7 Å². The number of rotatable bonds is 7. The topological polar surface area (TPSA) is 71.6 Å². The predicted octanol–water partition coefficient (Wildman–Crippen LogP) is 2.63. The number of hydrogen-bond acceptors (Lipinski definition) is 7. The first-order valence-electron chi connectivity index (χ1n) is 11.0. The Labute approximate surface area is 193 Å². The van der Waals surface area contributed by atoms with Crippen molar-refractivity contribution in [3.05, 3.63) is 53.7 Å². The summed E-state index contributed by atoms with van der Waals surface area (Å²) in [5.74, 6) is 0.977. The number of hydrogen-bond donors (Lipinski definition) is 0. The van der Waals surface area contributed by atoms with Crippen LogP contribution in [0.3, 0.4) is 0 Å². The minimum absolute atomic E-state index is 0.331. The van der Waals surface area contributed by atoms with E-state index in [9.17, 15) is 9.59 Å². The molecule has 0 aliphatic carbocycles. The molecule has 0 spiro atoms. The van der Waals surface area contributed by atoms with Crippen molar-refractivity contribution in [2.24, 2.45) is 0 Å². The molecule has 8 nitrogen and oxygen atoms in total. The summed E-state index contributed by atoms with van der Waals surface area (Å²) in [6, 6.07) is 12.3. The Hall–Kier alpha value is -3.52. The predicted molar refractivity (Wildman–Crippen MR) is 126 cm³/mol. The number of carbonyl (C=O) groups excluding carboxylic acids is 2. The molecule has 174 valence electrons. The molecule has 2 aliphatic rings. The van der Waals surface area contributed by atoms with Gasteiger partial charge in [0.1, 0.15) is 11.4 Å². The molecule has 2 aromatic rings. The summed E-state index contributed by atoms with van der Waals surface area (Å²) in [4.78, 5) is 33.0. The molecule has 0 atom stereocenters. The maximum absolute atomic E-state index is 13.7. The Morgan fingerprint density at radius 3 is 2.03 bits per heavy atom. The molecule has 0 saturated carbocycles. The number of ether oxygens (including phenoxy) is 3. The van der Waals surface area contributed by atoms with Crippen molar-refractivity contribution in [3.63, 3.8) is 0 Å². The molecule has 0 aromatic heterocycles. The normalized spacial score (nSPS) is 17.1.